The number of nitriles is 1. The molecule has 1 aromatic carbocycles. The van der Waals surface area contributed by atoms with Crippen LogP contribution in [0.1, 0.15) is 5.56 Å². The van der Waals surface area contributed by atoms with E-state index in [4.69, 9.17) is 5.73 Å². The fraction of sp³-hybridized carbons (Fsp3) is 0.200. The highest BCUT2D eigenvalue weighted by molar-refractivity contribution is 8.00. The van der Waals surface area contributed by atoms with Crippen LogP contribution in [0.15, 0.2) is 35.4 Å². The molecule has 0 spiro atoms. The summed E-state index contributed by atoms with van der Waals surface area (Å²) in [6.45, 7) is 0. The third kappa shape index (κ3) is 3.54. The lowest BCUT2D eigenvalue weighted by molar-refractivity contribution is -0.115. The zero-order valence-corrected chi connectivity index (χ0v) is 13.1. The smallest absolute Gasteiger partial charge is 0.227 e. The van der Waals surface area contributed by atoms with Crippen LogP contribution in [0.5, 0.6) is 0 Å². The average Bonchev–Trinajstić information content (AvgIpc) is 2.52. The number of nitrogens with two attached hydrogens (primary N) is 1. The summed E-state index contributed by atoms with van der Waals surface area (Å²) in [4.78, 5) is 21.6. The van der Waals surface area contributed by atoms with Gasteiger partial charge in [0.1, 0.15) is 16.7 Å². The van der Waals surface area contributed by atoms with E-state index in [0.717, 1.165) is 17.3 Å². The summed E-state index contributed by atoms with van der Waals surface area (Å²) in [5, 5.41) is 9.94. The maximum absolute atomic E-state index is 11.0. The van der Waals surface area contributed by atoms with Crippen molar-refractivity contribution in [2.24, 2.45) is 5.73 Å². The molecule has 112 valence electrons. The van der Waals surface area contributed by atoms with E-state index in [1.54, 1.807) is 4.90 Å². The molecule has 0 aliphatic carbocycles. The van der Waals surface area contributed by atoms with Crippen LogP contribution in [0.3, 0.4) is 0 Å². The van der Waals surface area contributed by atoms with Gasteiger partial charge in [0.25, 0.3) is 0 Å². The molecule has 2 N–H and O–H groups in total. The topological polar surface area (TPSA) is 95.9 Å². The number of anilines is 1. The van der Waals surface area contributed by atoms with Gasteiger partial charge in [0.05, 0.1) is 11.4 Å². The molecule has 22 heavy (non-hydrogen) atoms. The van der Waals surface area contributed by atoms with Gasteiger partial charge in [-0.05, 0) is 0 Å². The maximum Gasteiger partial charge on any atom is 0.227 e. The van der Waals surface area contributed by atoms with Crippen LogP contribution in [-0.4, -0.2) is 35.7 Å². The zero-order chi connectivity index (χ0) is 16.1. The second-order valence-electron chi connectivity index (χ2n) is 4.68. The Morgan fingerprint density at radius 2 is 2.00 bits per heavy atom. The summed E-state index contributed by atoms with van der Waals surface area (Å²) < 4.78 is 0. The van der Waals surface area contributed by atoms with E-state index in [0.29, 0.717) is 22.2 Å². The minimum Gasteiger partial charge on any atom is -0.369 e. The van der Waals surface area contributed by atoms with Gasteiger partial charge in [0.15, 0.2) is 0 Å². The van der Waals surface area contributed by atoms with Crippen molar-refractivity contribution in [3.63, 3.8) is 0 Å². The van der Waals surface area contributed by atoms with Crippen LogP contribution in [0.4, 0.5) is 5.95 Å². The molecule has 0 aliphatic rings. The molecule has 0 atom stereocenters. The third-order valence-electron chi connectivity index (χ3n) is 2.77. The van der Waals surface area contributed by atoms with E-state index in [1.807, 2.05) is 44.4 Å². The molecule has 0 radical (unpaired) electrons. The number of hydrogen-bond donors (Lipinski definition) is 1. The Morgan fingerprint density at radius 3 is 2.55 bits per heavy atom. The van der Waals surface area contributed by atoms with Gasteiger partial charge >= 0.3 is 0 Å². The molecule has 2 rings (SSSR count). The molecule has 0 saturated carbocycles. The maximum atomic E-state index is 11.0. The van der Waals surface area contributed by atoms with Gasteiger partial charge in [-0.25, -0.2) is 9.97 Å². The van der Waals surface area contributed by atoms with E-state index in [2.05, 4.69) is 16.0 Å². The number of rotatable bonds is 5. The number of carbonyl (C=O) groups excluding carboxylic acids is 1. The van der Waals surface area contributed by atoms with Crippen LogP contribution < -0.4 is 10.6 Å². The summed E-state index contributed by atoms with van der Waals surface area (Å²) in [6, 6.07) is 11.5. The first-order valence-electron chi connectivity index (χ1n) is 6.49. The molecular weight excluding hydrogens is 298 g/mol. The van der Waals surface area contributed by atoms with Crippen molar-refractivity contribution in [3.05, 3.63) is 35.9 Å². The number of primary amides is 1. The number of thioether (sulfide) groups is 1. The Balaban J connectivity index is 2.60. The van der Waals surface area contributed by atoms with E-state index in [9.17, 15) is 10.1 Å². The zero-order valence-electron chi connectivity index (χ0n) is 12.3. The van der Waals surface area contributed by atoms with E-state index < -0.39 is 5.91 Å². The fourth-order valence-corrected chi connectivity index (χ4v) is 2.49. The molecule has 6 nitrogen and oxygen atoms in total. The molecule has 1 heterocycles. The summed E-state index contributed by atoms with van der Waals surface area (Å²) >= 11 is 1.15. The van der Waals surface area contributed by atoms with Gasteiger partial charge in [0, 0.05) is 19.7 Å². The first-order valence-corrected chi connectivity index (χ1v) is 7.47. The molecular formula is C15H15N5OS. The van der Waals surface area contributed by atoms with Crippen LogP contribution in [0.2, 0.25) is 0 Å². The standard InChI is InChI=1S/C15H15N5OS/c1-20(2)15-18-13(10-6-4-3-5-7-10)11(8-16)14(19-15)22-9-12(17)21/h3-7H,9H2,1-2H3,(H2,17,21). The largest absolute Gasteiger partial charge is 0.369 e. The van der Waals surface area contributed by atoms with Crippen molar-refractivity contribution >= 4 is 23.6 Å². The van der Waals surface area contributed by atoms with Crippen molar-refractivity contribution < 1.29 is 4.79 Å². The van der Waals surface area contributed by atoms with Crippen LogP contribution >= 0.6 is 11.8 Å². The molecule has 0 unspecified atom stereocenters. The second-order valence-corrected chi connectivity index (χ2v) is 5.64. The predicted octanol–water partition coefficient (Wildman–Crippen LogP) is 1.66. The summed E-state index contributed by atoms with van der Waals surface area (Å²) in [7, 11) is 3.64. The van der Waals surface area contributed by atoms with Gasteiger partial charge in [-0.3, -0.25) is 4.79 Å². The summed E-state index contributed by atoms with van der Waals surface area (Å²) in [6.07, 6.45) is 0. The van der Waals surface area contributed by atoms with Crippen molar-refractivity contribution in [2.45, 2.75) is 5.03 Å². The molecule has 0 fully saturated rings. The monoisotopic (exact) mass is 313 g/mol. The van der Waals surface area contributed by atoms with Gasteiger partial charge in [-0.15, -0.1) is 0 Å². The first kappa shape index (κ1) is 15.8. The fourth-order valence-electron chi connectivity index (χ4n) is 1.78. The minimum atomic E-state index is -0.458. The molecule has 7 heteroatoms. The lowest BCUT2D eigenvalue weighted by atomic mass is 10.1. The number of carbonyl (C=O) groups is 1. The second kappa shape index (κ2) is 6.91. The molecule has 0 aliphatic heterocycles. The molecule has 0 saturated heterocycles. The van der Waals surface area contributed by atoms with Gasteiger partial charge in [-0.2, -0.15) is 5.26 Å². The highest BCUT2D eigenvalue weighted by Gasteiger charge is 2.17. The summed E-state index contributed by atoms with van der Waals surface area (Å²) in [5.41, 5.74) is 6.91. The average molecular weight is 313 g/mol. The van der Waals surface area contributed by atoms with Crippen molar-refractivity contribution in [1.29, 1.82) is 5.26 Å². The lowest BCUT2D eigenvalue weighted by Crippen LogP contribution is -2.16. The van der Waals surface area contributed by atoms with Crippen LogP contribution in [-0.2, 0) is 4.79 Å². The van der Waals surface area contributed by atoms with Gasteiger partial charge in [-0.1, -0.05) is 42.1 Å². The van der Waals surface area contributed by atoms with Crippen LogP contribution in [0.25, 0.3) is 11.3 Å². The third-order valence-corrected chi connectivity index (χ3v) is 3.77. The number of amides is 1. The Kier molecular flexibility index (Phi) is 4.96. The predicted molar refractivity (Wildman–Crippen MR) is 86.4 cm³/mol. The van der Waals surface area contributed by atoms with E-state index in [-0.39, 0.29) is 5.75 Å². The van der Waals surface area contributed by atoms with E-state index >= 15 is 0 Å². The van der Waals surface area contributed by atoms with Crippen molar-refractivity contribution in [1.82, 2.24) is 9.97 Å². The molecule has 2 aromatic rings. The van der Waals surface area contributed by atoms with E-state index in [1.165, 1.54) is 0 Å². The quantitative estimate of drug-likeness (QED) is 0.666. The Hall–Kier alpha value is -2.59. The Bertz CT molecular complexity index is 725. The SMILES string of the molecule is CN(C)c1nc(SCC(N)=O)c(C#N)c(-c2ccccc2)n1. The van der Waals surface area contributed by atoms with Crippen LogP contribution in [0, 0.1) is 11.3 Å². The molecule has 0 bridgehead atoms. The first-order chi connectivity index (χ1) is 10.5. The number of aromatic nitrogens is 2. The van der Waals surface area contributed by atoms with Crippen molar-refractivity contribution in [3.8, 4) is 17.3 Å². The van der Waals surface area contributed by atoms with Crippen molar-refractivity contribution in [2.75, 3.05) is 24.7 Å². The normalized spacial score (nSPS) is 10.0. The minimum absolute atomic E-state index is 0.0623. The number of nitrogens with zero attached hydrogens (tertiary/aromatic N) is 4. The highest BCUT2D eigenvalue weighted by atomic mass is 32.2. The molecule has 1 aromatic heterocycles. The molecule has 1 amide bonds. The van der Waals surface area contributed by atoms with Gasteiger partial charge < -0.3 is 10.6 Å². The number of benzene rings is 1. The highest BCUT2D eigenvalue weighted by Crippen LogP contribution is 2.30. The lowest BCUT2D eigenvalue weighted by Gasteiger charge is -2.15. The van der Waals surface area contributed by atoms with Gasteiger partial charge in [0.2, 0.25) is 11.9 Å². The summed E-state index contributed by atoms with van der Waals surface area (Å²) in [5.74, 6) is 0.0808. The Morgan fingerprint density at radius 1 is 1.32 bits per heavy atom. The Labute approximate surface area is 133 Å². The number of hydrogen-bond acceptors (Lipinski definition) is 6.